The normalized spacial score (nSPS) is 17.4. The van der Waals surface area contributed by atoms with Crippen molar-refractivity contribution in [2.45, 2.75) is 32.4 Å². The van der Waals surface area contributed by atoms with Crippen LogP contribution in [0.25, 0.3) is 22.8 Å². The molecule has 32 heavy (non-hydrogen) atoms. The van der Waals surface area contributed by atoms with Gasteiger partial charge in [0.15, 0.2) is 0 Å². The van der Waals surface area contributed by atoms with E-state index in [0.717, 1.165) is 32.0 Å². The number of amides is 1. The Hall–Kier alpha value is -3.34. The highest BCUT2D eigenvalue weighted by Crippen LogP contribution is 2.38. The molecule has 1 saturated heterocycles. The summed E-state index contributed by atoms with van der Waals surface area (Å²) >= 11 is 0. The second-order valence-corrected chi connectivity index (χ2v) is 7.95. The molecule has 166 valence electrons. The van der Waals surface area contributed by atoms with E-state index in [1.54, 1.807) is 17.7 Å². The van der Waals surface area contributed by atoms with Crippen molar-refractivity contribution in [1.82, 2.24) is 25.2 Å². The molecule has 2 aromatic heterocycles. The maximum Gasteiger partial charge on any atom is 0.417 e. The molecule has 3 aromatic rings. The fourth-order valence-corrected chi connectivity index (χ4v) is 4.15. The minimum atomic E-state index is -4.57. The number of carbonyl (C=O) groups is 1. The molecule has 0 saturated carbocycles. The minimum Gasteiger partial charge on any atom is -0.334 e. The van der Waals surface area contributed by atoms with Gasteiger partial charge < -0.3 is 9.84 Å². The van der Waals surface area contributed by atoms with Crippen LogP contribution in [0.1, 0.15) is 29.7 Å². The van der Waals surface area contributed by atoms with Crippen LogP contribution in [0.2, 0.25) is 0 Å². The van der Waals surface area contributed by atoms with E-state index < -0.39 is 11.7 Å². The third kappa shape index (κ3) is 3.62. The van der Waals surface area contributed by atoms with Crippen LogP contribution in [0.4, 0.5) is 13.2 Å². The largest absolute Gasteiger partial charge is 0.417 e. The molecule has 2 aliphatic rings. The molecule has 1 fully saturated rings. The first-order valence-corrected chi connectivity index (χ1v) is 10.2. The number of nitrogens with zero attached hydrogens (tertiary/aromatic N) is 5. The summed E-state index contributed by atoms with van der Waals surface area (Å²) in [5, 5.41) is 11.5. The predicted molar refractivity (Wildman–Crippen MR) is 108 cm³/mol. The lowest BCUT2D eigenvalue weighted by molar-refractivity contribution is -0.137. The first-order valence-electron chi connectivity index (χ1n) is 10.2. The smallest absolute Gasteiger partial charge is 0.334 e. The summed E-state index contributed by atoms with van der Waals surface area (Å²) in [7, 11) is 0. The number of hydrogen-bond acceptors (Lipinski definition) is 6. The molecule has 0 aliphatic carbocycles. The Balaban J connectivity index is 1.53. The Kier molecular flexibility index (Phi) is 4.92. The van der Waals surface area contributed by atoms with Gasteiger partial charge in [-0.3, -0.25) is 4.79 Å². The number of fused-ring (bicyclic) bond motifs is 1. The number of hydrogen-bond donors (Lipinski definition) is 1. The summed E-state index contributed by atoms with van der Waals surface area (Å²) in [6, 6.07) is 3.91. The average Bonchev–Trinajstić information content (AvgIpc) is 3.40. The van der Waals surface area contributed by atoms with Gasteiger partial charge >= 0.3 is 6.18 Å². The highest BCUT2D eigenvalue weighted by Gasteiger charge is 2.36. The lowest BCUT2D eigenvalue weighted by Crippen LogP contribution is -2.38. The van der Waals surface area contributed by atoms with Crippen molar-refractivity contribution >= 4 is 11.7 Å². The van der Waals surface area contributed by atoms with E-state index >= 15 is 0 Å². The zero-order valence-electron chi connectivity index (χ0n) is 17.1. The van der Waals surface area contributed by atoms with Crippen molar-refractivity contribution in [2.24, 2.45) is 10.9 Å². The number of piperidine rings is 1. The van der Waals surface area contributed by atoms with Crippen LogP contribution in [0.3, 0.4) is 0 Å². The Morgan fingerprint density at radius 1 is 1.19 bits per heavy atom. The number of rotatable bonds is 3. The Morgan fingerprint density at radius 3 is 2.72 bits per heavy atom. The summed E-state index contributed by atoms with van der Waals surface area (Å²) in [4.78, 5) is 20.8. The van der Waals surface area contributed by atoms with E-state index in [1.165, 1.54) is 12.3 Å². The maximum atomic E-state index is 13.5. The second-order valence-electron chi connectivity index (χ2n) is 7.95. The van der Waals surface area contributed by atoms with Crippen LogP contribution in [-0.4, -0.2) is 44.8 Å². The molecule has 1 N–H and O–H groups in total. The number of alkyl halides is 3. The summed E-state index contributed by atoms with van der Waals surface area (Å²) in [5.41, 5.74) is 0.423. The van der Waals surface area contributed by atoms with Gasteiger partial charge in [-0.15, -0.1) is 0 Å². The molecule has 2 aliphatic heterocycles. The van der Waals surface area contributed by atoms with Gasteiger partial charge in [-0.2, -0.15) is 28.2 Å². The van der Waals surface area contributed by atoms with Gasteiger partial charge in [-0.1, -0.05) is 16.8 Å². The van der Waals surface area contributed by atoms with Crippen molar-refractivity contribution in [3.05, 3.63) is 41.2 Å². The Bertz CT molecular complexity index is 1220. The third-order valence-electron chi connectivity index (χ3n) is 5.73. The molecule has 0 unspecified atom stereocenters. The average molecular weight is 444 g/mol. The number of benzene rings is 1. The first kappa shape index (κ1) is 20.6. The standard InChI is InChI=1S/C21H19F3N6O2/c1-11-2-3-13(15(8-11)21(22,23)24)20-28-18(29-32-20)14-10-26-30-16(14)9-17(31)27-19(30)12-4-6-25-7-5-12/h2-3,8,10,12,25H,4-7,9H2,1H3. The number of nitrogens with one attached hydrogen (secondary N) is 1. The van der Waals surface area contributed by atoms with E-state index in [0.29, 0.717) is 22.7 Å². The number of aromatic nitrogens is 4. The monoisotopic (exact) mass is 444 g/mol. The maximum absolute atomic E-state index is 13.5. The molecular formula is C21H19F3N6O2. The topological polar surface area (TPSA) is 98.2 Å². The van der Waals surface area contributed by atoms with E-state index in [2.05, 4.69) is 25.5 Å². The van der Waals surface area contributed by atoms with E-state index in [9.17, 15) is 18.0 Å². The van der Waals surface area contributed by atoms with Crippen LogP contribution in [0.5, 0.6) is 0 Å². The molecule has 5 rings (SSSR count). The zero-order valence-corrected chi connectivity index (χ0v) is 17.1. The van der Waals surface area contributed by atoms with E-state index in [1.807, 2.05) is 0 Å². The zero-order chi connectivity index (χ0) is 22.5. The van der Waals surface area contributed by atoms with E-state index in [4.69, 9.17) is 4.52 Å². The van der Waals surface area contributed by atoms with Crippen molar-refractivity contribution in [3.8, 4) is 22.8 Å². The van der Waals surface area contributed by atoms with Crippen LogP contribution in [-0.2, 0) is 17.4 Å². The van der Waals surface area contributed by atoms with Crippen molar-refractivity contribution < 1.29 is 22.5 Å². The summed E-state index contributed by atoms with van der Waals surface area (Å²) in [6.45, 7) is 3.23. The molecule has 4 heterocycles. The highest BCUT2D eigenvalue weighted by molar-refractivity contribution is 6.01. The fourth-order valence-electron chi connectivity index (χ4n) is 4.15. The second kappa shape index (κ2) is 7.66. The van der Waals surface area contributed by atoms with Crippen molar-refractivity contribution in [1.29, 1.82) is 0 Å². The van der Waals surface area contributed by atoms with Crippen LogP contribution in [0.15, 0.2) is 33.9 Å². The van der Waals surface area contributed by atoms with Crippen molar-refractivity contribution in [2.75, 3.05) is 13.1 Å². The Labute approximate surface area is 180 Å². The quantitative estimate of drug-likeness (QED) is 0.666. The van der Waals surface area contributed by atoms with Crippen molar-refractivity contribution in [3.63, 3.8) is 0 Å². The first-order chi connectivity index (χ1) is 15.3. The molecule has 0 bridgehead atoms. The molecule has 11 heteroatoms. The lowest BCUT2D eigenvalue weighted by Gasteiger charge is -2.26. The highest BCUT2D eigenvalue weighted by atomic mass is 19.4. The van der Waals surface area contributed by atoms with Gasteiger partial charge in [0.25, 0.3) is 11.8 Å². The van der Waals surface area contributed by atoms with Crippen LogP contribution >= 0.6 is 0 Å². The van der Waals surface area contributed by atoms with Crippen LogP contribution < -0.4 is 5.32 Å². The molecular weight excluding hydrogens is 425 g/mol. The third-order valence-corrected chi connectivity index (χ3v) is 5.73. The molecule has 0 radical (unpaired) electrons. The van der Waals surface area contributed by atoms with Gasteiger partial charge in [0, 0.05) is 5.92 Å². The molecule has 0 spiro atoms. The Morgan fingerprint density at radius 2 is 1.97 bits per heavy atom. The minimum absolute atomic E-state index is 0.00596. The fraction of sp³-hybridized carbons (Fsp3) is 0.381. The molecule has 1 aromatic carbocycles. The van der Waals surface area contributed by atoms with Gasteiger partial charge in [0.2, 0.25) is 5.82 Å². The summed E-state index contributed by atoms with van der Waals surface area (Å²) in [5.74, 6) is 0.214. The molecule has 8 nitrogen and oxygen atoms in total. The molecule has 0 atom stereocenters. The van der Waals surface area contributed by atoms with Gasteiger partial charge in [-0.05, 0) is 45.0 Å². The van der Waals surface area contributed by atoms with Gasteiger partial charge in [0.1, 0.15) is 5.84 Å². The molecule has 1 amide bonds. The lowest BCUT2D eigenvalue weighted by atomic mass is 9.95. The number of aliphatic imine (C=N–C) groups is 1. The van der Waals surface area contributed by atoms with Gasteiger partial charge in [0.05, 0.1) is 35.0 Å². The summed E-state index contributed by atoms with van der Waals surface area (Å²) in [6.07, 6.45) is -1.40. The number of aryl methyl sites for hydroxylation is 1. The SMILES string of the molecule is Cc1ccc(-c2nc(-c3cnn4c3CC(=O)N=C4C3CCNCC3)no2)c(C(F)(F)F)c1. The van der Waals surface area contributed by atoms with E-state index in [-0.39, 0.29) is 35.5 Å². The summed E-state index contributed by atoms with van der Waals surface area (Å²) < 4.78 is 47.4. The number of halogens is 3. The van der Waals surface area contributed by atoms with Crippen LogP contribution in [0, 0.1) is 12.8 Å². The number of carbonyl (C=O) groups excluding carboxylic acids is 1. The predicted octanol–water partition coefficient (Wildman–Crippen LogP) is 3.26. The van der Waals surface area contributed by atoms with Gasteiger partial charge in [-0.25, -0.2) is 4.68 Å².